The topological polar surface area (TPSA) is 56.2 Å². The Morgan fingerprint density at radius 3 is 2.52 bits per heavy atom. The second kappa shape index (κ2) is 4.56. The van der Waals surface area contributed by atoms with Crippen molar-refractivity contribution >= 4 is 38.4 Å². The maximum atomic E-state index is 6.08. The number of imidazole rings is 1. The van der Waals surface area contributed by atoms with Crippen LogP contribution in [-0.2, 0) is 0 Å². The van der Waals surface area contributed by atoms with Gasteiger partial charge in [-0.05, 0) is 24.3 Å². The van der Waals surface area contributed by atoms with Crippen molar-refractivity contribution in [2.24, 2.45) is 0 Å². The second-order valence-electron chi connectivity index (χ2n) is 4.81. The first-order valence-electron chi connectivity index (χ1n) is 6.51. The molecule has 4 rings (SSSR count). The Kier molecular flexibility index (Phi) is 2.68. The molecule has 2 aromatic carbocycles. The number of hydrogen-bond donors (Lipinski definition) is 1. The Bertz CT molecular complexity index is 957. The molecule has 102 valence electrons. The highest BCUT2D eigenvalue weighted by atomic mass is 79.9. The van der Waals surface area contributed by atoms with E-state index in [9.17, 15) is 0 Å². The molecule has 0 spiro atoms. The molecule has 5 heteroatoms. The molecule has 21 heavy (non-hydrogen) atoms. The van der Waals surface area contributed by atoms with Crippen LogP contribution in [0.5, 0.6) is 0 Å². The van der Waals surface area contributed by atoms with Crippen LogP contribution >= 0.6 is 15.9 Å². The van der Waals surface area contributed by atoms with Gasteiger partial charge >= 0.3 is 0 Å². The molecule has 0 unspecified atom stereocenters. The first-order valence-corrected chi connectivity index (χ1v) is 7.31. The van der Waals surface area contributed by atoms with Crippen LogP contribution < -0.4 is 5.73 Å². The predicted molar refractivity (Wildman–Crippen MR) is 88.0 cm³/mol. The van der Waals surface area contributed by atoms with Crippen molar-refractivity contribution in [1.82, 2.24) is 14.4 Å². The zero-order valence-corrected chi connectivity index (χ0v) is 12.6. The summed E-state index contributed by atoms with van der Waals surface area (Å²) in [6.45, 7) is 0. The maximum Gasteiger partial charge on any atom is 0.180 e. The molecule has 0 aliphatic heterocycles. The van der Waals surface area contributed by atoms with E-state index in [4.69, 9.17) is 5.73 Å². The van der Waals surface area contributed by atoms with Gasteiger partial charge in [0.2, 0.25) is 0 Å². The lowest BCUT2D eigenvalue weighted by Gasteiger charge is -2.05. The van der Waals surface area contributed by atoms with Crippen LogP contribution in [0.1, 0.15) is 0 Å². The first-order chi connectivity index (χ1) is 10.2. The third-order valence-corrected chi connectivity index (χ3v) is 3.99. The Morgan fingerprint density at radius 1 is 0.952 bits per heavy atom. The van der Waals surface area contributed by atoms with Gasteiger partial charge < -0.3 is 5.73 Å². The highest BCUT2D eigenvalue weighted by Crippen LogP contribution is 2.25. The number of benzene rings is 2. The third-order valence-electron chi connectivity index (χ3n) is 3.46. The molecule has 0 radical (unpaired) electrons. The monoisotopic (exact) mass is 338 g/mol. The fourth-order valence-electron chi connectivity index (χ4n) is 2.45. The number of nitrogens with zero attached hydrogens (tertiary/aromatic N) is 3. The average Bonchev–Trinajstić information content (AvgIpc) is 2.87. The smallest absolute Gasteiger partial charge is 0.180 e. The van der Waals surface area contributed by atoms with Crippen LogP contribution in [0, 0.1) is 0 Å². The van der Waals surface area contributed by atoms with Gasteiger partial charge in [0.25, 0.3) is 0 Å². The summed E-state index contributed by atoms with van der Waals surface area (Å²) < 4.78 is 3.03. The minimum atomic E-state index is 0.437. The van der Waals surface area contributed by atoms with Gasteiger partial charge in [-0.1, -0.05) is 40.2 Å². The van der Waals surface area contributed by atoms with E-state index in [0.29, 0.717) is 11.5 Å². The standard InChI is InChI=1S/C16H11BrN4/c17-11-7-5-10(6-8-11)13-9-21-14-4-2-1-3-12(14)20-16(21)15(18)19-13/h1-9H,(H2,18,19). The molecule has 0 aliphatic carbocycles. The van der Waals surface area contributed by atoms with Gasteiger partial charge in [-0.15, -0.1) is 0 Å². The summed E-state index contributed by atoms with van der Waals surface area (Å²) in [5.74, 6) is 0.437. The molecule has 0 atom stereocenters. The summed E-state index contributed by atoms with van der Waals surface area (Å²) in [4.78, 5) is 9.01. The van der Waals surface area contributed by atoms with Gasteiger partial charge in [0.1, 0.15) is 0 Å². The number of nitrogens with two attached hydrogens (primary N) is 1. The molecule has 4 aromatic rings. The molecule has 0 fully saturated rings. The van der Waals surface area contributed by atoms with Crippen molar-refractivity contribution in [3.8, 4) is 11.3 Å². The molecule has 0 saturated carbocycles. The fraction of sp³-hybridized carbons (Fsp3) is 0. The molecule has 4 nitrogen and oxygen atoms in total. The van der Waals surface area contributed by atoms with E-state index in [0.717, 1.165) is 26.8 Å². The molecule has 0 aliphatic rings. The van der Waals surface area contributed by atoms with E-state index in [-0.39, 0.29) is 0 Å². The Labute approximate surface area is 129 Å². The lowest BCUT2D eigenvalue weighted by Crippen LogP contribution is -1.99. The highest BCUT2D eigenvalue weighted by Gasteiger charge is 2.10. The van der Waals surface area contributed by atoms with Crippen molar-refractivity contribution in [2.75, 3.05) is 5.73 Å². The van der Waals surface area contributed by atoms with Crippen molar-refractivity contribution in [3.05, 3.63) is 59.2 Å². The van der Waals surface area contributed by atoms with Crippen LogP contribution in [-0.4, -0.2) is 14.4 Å². The molecule has 2 N–H and O–H groups in total. The molecular weight excluding hydrogens is 328 g/mol. The molecular formula is C16H11BrN4. The number of nitrogen functional groups attached to an aromatic ring is 1. The zero-order valence-electron chi connectivity index (χ0n) is 11.0. The molecule has 2 aromatic heterocycles. The minimum absolute atomic E-state index is 0.437. The molecule has 0 amide bonds. The van der Waals surface area contributed by atoms with Crippen molar-refractivity contribution in [1.29, 1.82) is 0 Å². The van der Waals surface area contributed by atoms with Crippen LogP contribution in [0.4, 0.5) is 5.82 Å². The summed E-state index contributed by atoms with van der Waals surface area (Å²) in [6.07, 6.45) is 1.98. The number of rotatable bonds is 1. The Morgan fingerprint density at radius 2 is 1.71 bits per heavy atom. The first kappa shape index (κ1) is 12.3. The van der Waals surface area contributed by atoms with Crippen LogP contribution in [0.2, 0.25) is 0 Å². The molecule has 2 heterocycles. The predicted octanol–water partition coefficient (Wildman–Crippen LogP) is 3.89. The molecule has 0 saturated heterocycles. The van der Waals surface area contributed by atoms with Crippen molar-refractivity contribution in [2.45, 2.75) is 0 Å². The average molecular weight is 339 g/mol. The van der Waals surface area contributed by atoms with E-state index < -0.39 is 0 Å². The Hall–Kier alpha value is -2.40. The van der Waals surface area contributed by atoms with E-state index in [1.54, 1.807) is 0 Å². The number of para-hydroxylation sites is 2. The normalized spacial score (nSPS) is 11.3. The number of fused-ring (bicyclic) bond motifs is 3. The quantitative estimate of drug-likeness (QED) is 0.572. The summed E-state index contributed by atoms with van der Waals surface area (Å²) >= 11 is 3.44. The van der Waals surface area contributed by atoms with Gasteiger partial charge in [-0.25, -0.2) is 9.97 Å². The summed E-state index contributed by atoms with van der Waals surface area (Å²) in [7, 11) is 0. The summed E-state index contributed by atoms with van der Waals surface area (Å²) in [6, 6.07) is 16.0. The van der Waals surface area contributed by atoms with Gasteiger partial charge in [0.15, 0.2) is 11.5 Å². The molecule has 0 bridgehead atoms. The van der Waals surface area contributed by atoms with E-state index in [1.165, 1.54) is 0 Å². The van der Waals surface area contributed by atoms with Gasteiger partial charge in [0, 0.05) is 16.2 Å². The van der Waals surface area contributed by atoms with Gasteiger partial charge in [-0.3, -0.25) is 4.40 Å². The maximum absolute atomic E-state index is 6.08. The Balaban J connectivity index is 2.03. The third kappa shape index (κ3) is 1.97. The van der Waals surface area contributed by atoms with E-state index in [1.807, 2.05) is 59.1 Å². The second-order valence-corrected chi connectivity index (χ2v) is 5.73. The van der Waals surface area contributed by atoms with Crippen molar-refractivity contribution in [3.63, 3.8) is 0 Å². The number of halogens is 1. The summed E-state index contributed by atoms with van der Waals surface area (Å²) in [5, 5.41) is 0. The number of aromatic nitrogens is 3. The highest BCUT2D eigenvalue weighted by molar-refractivity contribution is 9.10. The van der Waals surface area contributed by atoms with Crippen LogP contribution in [0.25, 0.3) is 27.9 Å². The van der Waals surface area contributed by atoms with E-state index in [2.05, 4.69) is 25.9 Å². The zero-order chi connectivity index (χ0) is 14.4. The largest absolute Gasteiger partial charge is 0.381 e. The van der Waals surface area contributed by atoms with Crippen molar-refractivity contribution < 1.29 is 0 Å². The van der Waals surface area contributed by atoms with E-state index >= 15 is 0 Å². The fourth-order valence-corrected chi connectivity index (χ4v) is 2.71. The summed E-state index contributed by atoms with van der Waals surface area (Å²) in [5.41, 5.74) is 10.6. The lowest BCUT2D eigenvalue weighted by atomic mass is 10.2. The SMILES string of the molecule is Nc1nc(-c2ccc(Br)cc2)cn2c1nc1ccccc12. The van der Waals surface area contributed by atoms with Crippen LogP contribution in [0.3, 0.4) is 0 Å². The van der Waals surface area contributed by atoms with Gasteiger partial charge in [-0.2, -0.15) is 0 Å². The lowest BCUT2D eigenvalue weighted by molar-refractivity contribution is 1.17. The van der Waals surface area contributed by atoms with Gasteiger partial charge in [0.05, 0.1) is 16.7 Å². The van der Waals surface area contributed by atoms with Crippen LogP contribution in [0.15, 0.2) is 59.2 Å². The minimum Gasteiger partial charge on any atom is -0.381 e. The number of anilines is 1. The number of hydrogen-bond acceptors (Lipinski definition) is 3.